The van der Waals surface area contributed by atoms with Gasteiger partial charge < -0.3 is 0 Å². The van der Waals surface area contributed by atoms with Crippen LogP contribution in [0.15, 0.2) is 10.3 Å². The van der Waals surface area contributed by atoms with Crippen molar-refractivity contribution in [3.05, 3.63) is 15.3 Å². The summed E-state index contributed by atoms with van der Waals surface area (Å²) in [5, 5.41) is 0.811. The largest absolute Gasteiger partial charge is 0.284 e. The molecule has 0 atom stereocenters. The van der Waals surface area contributed by atoms with Crippen molar-refractivity contribution in [2.75, 3.05) is 0 Å². The summed E-state index contributed by atoms with van der Waals surface area (Å²) in [4.78, 5) is 10.5. The molecule has 1 rings (SSSR count). The number of hydrogen-bond donors (Lipinski definition) is 0. The lowest BCUT2D eigenvalue weighted by atomic mass is 10.5. The van der Waals surface area contributed by atoms with E-state index in [4.69, 9.17) is 11.6 Å². The molecule has 0 amide bonds. The molecule has 1 aromatic heterocycles. The van der Waals surface area contributed by atoms with E-state index in [0.717, 1.165) is 11.3 Å². The molecule has 77 valence electrons. The Balaban J connectivity index is 3.35. The molecule has 0 saturated carbocycles. The zero-order valence-corrected chi connectivity index (χ0v) is 9.96. The summed E-state index contributed by atoms with van der Waals surface area (Å²) in [5.74, 6) is 0. The smallest absolute Gasteiger partial charge is 0.245 e. The number of hydrogen-bond acceptors (Lipinski definition) is 4. The topological polar surface area (TPSA) is 51.2 Å². The van der Waals surface area contributed by atoms with Gasteiger partial charge in [0.2, 0.25) is 6.29 Å². The van der Waals surface area contributed by atoms with Gasteiger partial charge in [-0.1, -0.05) is 11.6 Å². The van der Waals surface area contributed by atoms with Gasteiger partial charge in [0.05, 0.1) is 20.0 Å². The summed E-state index contributed by atoms with van der Waals surface area (Å²) < 4.78 is 23.3. The number of sulfone groups is 1. The monoisotopic (exact) mass is 251 g/mol. The molecule has 6 heteroatoms. The molecule has 1 heterocycles. The standard InChI is InChI=1S/C8H8ClO3S2/c1-5(2)14(11,12)7-4-13-6(3-10)8(7)9/h4-5H,1-2H3. The average molecular weight is 252 g/mol. The van der Waals surface area contributed by atoms with E-state index < -0.39 is 15.1 Å². The van der Waals surface area contributed by atoms with Crippen LogP contribution in [0.3, 0.4) is 0 Å². The molecular formula is C8H8ClO3S2. The van der Waals surface area contributed by atoms with Crippen LogP contribution in [0.4, 0.5) is 0 Å². The van der Waals surface area contributed by atoms with E-state index >= 15 is 0 Å². The maximum atomic E-state index is 11.7. The normalized spacial score (nSPS) is 12.0. The van der Waals surface area contributed by atoms with Crippen LogP contribution < -0.4 is 0 Å². The SMILES string of the molecule is CC(C)S(=O)(=O)c1csc([C]=O)c1Cl. The Morgan fingerprint density at radius 3 is 2.43 bits per heavy atom. The van der Waals surface area contributed by atoms with Crippen LogP contribution in [0.5, 0.6) is 0 Å². The second-order valence-electron chi connectivity index (χ2n) is 2.94. The van der Waals surface area contributed by atoms with Gasteiger partial charge in [0.1, 0.15) is 0 Å². The van der Waals surface area contributed by atoms with Gasteiger partial charge in [0.15, 0.2) is 9.84 Å². The minimum Gasteiger partial charge on any atom is -0.284 e. The van der Waals surface area contributed by atoms with E-state index in [1.54, 1.807) is 20.1 Å². The molecule has 0 unspecified atom stereocenters. The van der Waals surface area contributed by atoms with Gasteiger partial charge in [0, 0.05) is 5.38 Å². The van der Waals surface area contributed by atoms with Gasteiger partial charge in [0.25, 0.3) is 0 Å². The van der Waals surface area contributed by atoms with Gasteiger partial charge in [-0.3, -0.25) is 4.79 Å². The fourth-order valence-electron chi connectivity index (χ4n) is 0.843. The van der Waals surface area contributed by atoms with Gasteiger partial charge in [-0.05, 0) is 13.8 Å². The summed E-state index contributed by atoms with van der Waals surface area (Å²) in [6.07, 6.45) is 1.60. The van der Waals surface area contributed by atoms with Crippen molar-refractivity contribution in [3.63, 3.8) is 0 Å². The number of carbonyl (C=O) groups excluding carboxylic acids is 1. The van der Waals surface area contributed by atoms with Gasteiger partial charge in [-0.2, -0.15) is 0 Å². The van der Waals surface area contributed by atoms with Crippen LogP contribution in [-0.4, -0.2) is 20.0 Å². The first-order chi connectivity index (χ1) is 6.41. The molecule has 1 aromatic rings. The number of rotatable bonds is 3. The van der Waals surface area contributed by atoms with Gasteiger partial charge >= 0.3 is 0 Å². The Kier molecular flexibility index (Phi) is 3.34. The number of halogens is 1. The molecule has 0 aliphatic carbocycles. The third-order valence-corrected chi connectivity index (χ3v) is 5.54. The van der Waals surface area contributed by atoms with Crippen LogP contribution >= 0.6 is 22.9 Å². The Hall–Kier alpha value is -0.390. The van der Waals surface area contributed by atoms with Gasteiger partial charge in [-0.25, -0.2) is 8.42 Å². The molecule has 0 N–H and O–H groups in total. The summed E-state index contributed by atoms with van der Waals surface area (Å²) >= 11 is 6.71. The fourth-order valence-corrected chi connectivity index (χ4v) is 3.67. The zero-order chi connectivity index (χ0) is 10.9. The molecule has 0 spiro atoms. The Labute approximate surface area is 91.6 Å². The Bertz CT molecular complexity index is 445. The van der Waals surface area contributed by atoms with Crippen LogP contribution in [0, 0.1) is 0 Å². The highest BCUT2D eigenvalue weighted by Gasteiger charge is 2.25. The van der Waals surface area contributed by atoms with E-state index in [-0.39, 0.29) is 14.8 Å². The highest BCUT2D eigenvalue weighted by atomic mass is 35.5. The first-order valence-corrected chi connectivity index (χ1v) is 6.60. The molecule has 0 bridgehead atoms. The molecule has 14 heavy (non-hydrogen) atoms. The zero-order valence-electron chi connectivity index (χ0n) is 7.57. The van der Waals surface area contributed by atoms with Gasteiger partial charge in [-0.15, -0.1) is 11.3 Å². The summed E-state index contributed by atoms with van der Waals surface area (Å²) in [5.41, 5.74) is 0. The fraction of sp³-hybridized carbons (Fsp3) is 0.375. The molecular weight excluding hydrogens is 244 g/mol. The maximum Gasteiger partial charge on any atom is 0.245 e. The second-order valence-corrected chi connectivity index (χ2v) is 6.67. The predicted molar refractivity (Wildman–Crippen MR) is 56.4 cm³/mol. The molecule has 0 aliphatic rings. The lowest BCUT2D eigenvalue weighted by Crippen LogP contribution is -2.13. The van der Waals surface area contributed by atoms with E-state index in [1.165, 1.54) is 5.38 Å². The lowest BCUT2D eigenvalue weighted by molar-refractivity contribution is 0.563. The van der Waals surface area contributed by atoms with Crippen molar-refractivity contribution in [2.45, 2.75) is 24.0 Å². The number of thiophene rings is 1. The molecule has 0 fully saturated rings. The van der Waals surface area contributed by atoms with Crippen LogP contribution in [-0.2, 0) is 14.6 Å². The Morgan fingerprint density at radius 1 is 1.50 bits per heavy atom. The Morgan fingerprint density at radius 2 is 2.07 bits per heavy atom. The minimum absolute atomic E-state index is 0.0151. The maximum absolute atomic E-state index is 11.7. The highest BCUT2D eigenvalue weighted by Crippen LogP contribution is 2.32. The summed E-state index contributed by atoms with van der Waals surface area (Å²) in [6, 6.07) is 0. The van der Waals surface area contributed by atoms with Crippen molar-refractivity contribution in [2.24, 2.45) is 0 Å². The molecule has 3 nitrogen and oxygen atoms in total. The predicted octanol–water partition coefficient (Wildman–Crippen LogP) is 2.04. The minimum atomic E-state index is -3.40. The van der Waals surface area contributed by atoms with Crippen molar-refractivity contribution in [3.8, 4) is 0 Å². The van der Waals surface area contributed by atoms with E-state index in [0.29, 0.717) is 0 Å². The first kappa shape index (κ1) is 11.7. The van der Waals surface area contributed by atoms with Crippen molar-refractivity contribution in [1.29, 1.82) is 0 Å². The van der Waals surface area contributed by atoms with Crippen molar-refractivity contribution < 1.29 is 13.2 Å². The average Bonchev–Trinajstić information content (AvgIpc) is 2.46. The lowest BCUT2D eigenvalue weighted by Gasteiger charge is -2.05. The first-order valence-electron chi connectivity index (χ1n) is 3.80. The molecule has 0 aliphatic heterocycles. The van der Waals surface area contributed by atoms with Crippen LogP contribution in [0.1, 0.15) is 18.7 Å². The van der Waals surface area contributed by atoms with Crippen molar-refractivity contribution in [1.82, 2.24) is 0 Å². The molecule has 0 aromatic carbocycles. The van der Waals surface area contributed by atoms with Crippen molar-refractivity contribution >= 4 is 39.1 Å². The third-order valence-electron chi connectivity index (χ3n) is 1.72. The third kappa shape index (κ3) is 1.85. The second kappa shape index (κ2) is 4.00. The highest BCUT2D eigenvalue weighted by molar-refractivity contribution is 7.92. The quantitative estimate of drug-likeness (QED) is 0.826. The van der Waals surface area contributed by atoms with Crippen LogP contribution in [0.25, 0.3) is 0 Å². The van der Waals surface area contributed by atoms with E-state index in [2.05, 4.69) is 0 Å². The van der Waals surface area contributed by atoms with Crippen LogP contribution in [0.2, 0.25) is 5.02 Å². The molecule has 1 radical (unpaired) electrons. The summed E-state index contributed by atoms with van der Waals surface area (Å²) in [6.45, 7) is 3.13. The van der Waals surface area contributed by atoms with E-state index in [9.17, 15) is 13.2 Å². The molecule has 0 saturated heterocycles. The summed E-state index contributed by atoms with van der Waals surface area (Å²) in [7, 11) is -3.40. The van der Waals surface area contributed by atoms with E-state index in [1.807, 2.05) is 0 Å².